The number of amides is 1. The van der Waals surface area contributed by atoms with Gasteiger partial charge in [0.05, 0.1) is 16.1 Å². The van der Waals surface area contributed by atoms with Gasteiger partial charge in [0.1, 0.15) is 17.7 Å². The monoisotopic (exact) mass is 587 g/mol. The highest BCUT2D eigenvalue weighted by atomic mass is 32.2. The van der Waals surface area contributed by atoms with E-state index in [4.69, 9.17) is 5.14 Å². The number of benzene rings is 2. The Hall–Kier alpha value is -4.34. The maximum absolute atomic E-state index is 13.0. The molecular weight excluding hydrogens is 563 g/mol. The molecule has 2 aromatic heterocycles. The standard InChI is InChI=1S/C26H24F3N7O4S/c27-26(28,29)14-32-22-21-20(35-24(36-22)31-13-15-1-7-18(8-2-15)41(30,39)40)10-9-19(34-21)16-3-5-17(6-4-16)33-23(37)25(38)11-12-25/h1-10,38H,11-14H2,(H,33,37)(H2,30,39,40)(H2,31,32,35,36). The van der Waals surface area contributed by atoms with E-state index in [1.54, 1.807) is 36.4 Å². The molecule has 4 aromatic rings. The highest BCUT2D eigenvalue weighted by molar-refractivity contribution is 7.89. The van der Waals surface area contributed by atoms with E-state index in [0.717, 1.165) is 0 Å². The maximum Gasteiger partial charge on any atom is 0.405 e. The van der Waals surface area contributed by atoms with Crippen LogP contribution in [0.1, 0.15) is 18.4 Å². The van der Waals surface area contributed by atoms with E-state index in [1.807, 2.05) is 0 Å². The lowest BCUT2D eigenvalue weighted by Gasteiger charge is -2.14. The molecule has 214 valence electrons. The fourth-order valence-corrected chi connectivity index (χ4v) is 4.37. The minimum atomic E-state index is -4.51. The van der Waals surface area contributed by atoms with E-state index >= 15 is 0 Å². The van der Waals surface area contributed by atoms with Gasteiger partial charge in [-0.1, -0.05) is 24.3 Å². The molecule has 0 spiro atoms. The van der Waals surface area contributed by atoms with Gasteiger partial charge in [-0.25, -0.2) is 23.5 Å². The molecule has 0 aliphatic heterocycles. The molecule has 5 rings (SSSR count). The number of hydrogen-bond donors (Lipinski definition) is 5. The van der Waals surface area contributed by atoms with Crippen molar-refractivity contribution in [3.8, 4) is 11.3 Å². The summed E-state index contributed by atoms with van der Waals surface area (Å²) in [5.74, 6) is -0.580. The molecule has 1 aliphatic rings. The van der Waals surface area contributed by atoms with E-state index in [1.165, 1.54) is 24.3 Å². The number of alkyl halides is 3. The van der Waals surface area contributed by atoms with E-state index in [9.17, 15) is 31.5 Å². The summed E-state index contributed by atoms with van der Waals surface area (Å²) in [5, 5.41) is 22.9. The molecule has 1 amide bonds. The Bertz CT molecular complexity index is 1710. The topological polar surface area (TPSA) is 172 Å². The number of fused-ring (bicyclic) bond motifs is 1. The van der Waals surface area contributed by atoms with Crippen molar-refractivity contribution in [1.82, 2.24) is 15.0 Å². The zero-order chi connectivity index (χ0) is 29.4. The number of nitrogens with two attached hydrogens (primary N) is 1. The third-order valence-electron chi connectivity index (χ3n) is 6.29. The molecule has 0 atom stereocenters. The number of pyridine rings is 1. The normalized spacial score (nSPS) is 14.5. The number of aliphatic hydroxyl groups is 1. The van der Waals surface area contributed by atoms with Gasteiger partial charge in [-0.2, -0.15) is 18.2 Å². The number of nitrogens with one attached hydrogen (secondary N) is 3. The lowest BCUT2D eigenvalue weighted by atomic mass is 10.1. The summed E-state index contributed by atoms with van der Waals surface area (Å²) in [6, 6.07) is 15.6. The van der Waals surface area contributed by atoms with E-state index < -0.39 is 34.3 Å². The molecule has 0 unspecified atom stereocenters. The summed E-state index contributed by atoms with van der Waals surface area (Å²) in [7, 11) is -3.85. The van der Waals surface area contributed by atoms with Gasteiger partial charge in [-0.05, 0) is 54.8 Å². The second kappa shape index (κ2) is 10.6. The lowest BCUT2D eigenvalue weighted by molar-refractivity contribution is -0.126. The molecule has 15 heteroatoms. The smallest absolute Gasteiger partial charge is 0.380 e. The van der Waals surface area contributed by atoms with Gasteiger partial charge in [-0.3, -0.25) is 4.79 Å². The zero-order valence-electron chi connectivity index (χ0n) is 21.2. The average Bonchev–Trinajstić information content (AvgIpc) is 3.68. The minimum absolute atomic E-state index is 0.0321. The third kappa shape index (κ3) is 6.87. The van der Waals surface area contributed by atoms with Crippen LogP contribution in [0.25, 0.3) is 22.3 Å². The van der Waals surface area contributed by atoms with Crippen LogP contribution in [-0.2, 0) is 21.4 Å². The molecule has 0 radical (unpaired) electrons. The van der Waals surface area contributed by atoms with Gasteiger partial charge < -0.3 is 21.1 Å². The molecule has 6 N–H and O–H groups in total. The van der Waals surface area contributed by atoms with Crippen LogP contribution in [0, 0.1) is 0 Å². The van der Waals surface area contributed by atoms with Gasteiger partial charge in [0, 0.05) is 17.8 Å². The Labute approximate surface area is 232 Å². The van der Waals surface area contributed by atoms with Gasteiger partial charge >= 0.3 is 6.18 Å². The second-order valence-electron chi connectivity index (χ2n) is 9.53. The van der Waals surface area contributed by atoms with Gasteiger partial charge in [0.25, 0.3) is 5.91 Å². The Morgan fingerprint density at radius 2 is 1.63 bits per heavy atom. The third-order valence-corrected chi connectivity index (χ3v) is 7.22. The van der Waals surface area contributed by atoms with Crippen molar-refractivity contribution in [2.24, 2.45) is 5.14 Å². The number of primary sulfonamides is 1. The van der Waals surface area contributed by atoms with E-state index in [0.29, 0.717) is 35.3 Å². The first-order valence-electron chi connectivity index (χ1n) is 12.3. The summed E-state index contributed by atoms with van der Waals surface area (Å²) in [4.78, 5) is 25.1. The Balaban J connectivity index is 1.39. The van der Waals surface area contributed by atoms with Crippen LogP contribution in [0.2, 0.25) is 0 Å². The fraction of sp³-hybridized carbons (Fsp3) is 0.231. The van der Waals surface area contributed by atoms with Crippen LogP contribution in [-0.4, -0.2) is 52.7 Å². The molecule has 41 heavy (non-hydrogen) atoms. The molecule has 1 aliphatic carbocycles. The first kappa shape index (κ1) is 28.2. The summed E-state index contributed by atoms with van der Waals surface area (Å²) in [6.07, 6.45) is -3.69. The molecule has 0 bridgehead atoms. The van der Waals surface area contributed by atoms with Gasteiger partial charge in [-0.15, -0.1) is 0 Å². The molecule has 1 fully saturated rings. The van der Waals surface area contributed by atoms with Crippen molar-refractivity contribution in [2.45, 2.75) is 36.1 Å². The summed E-state index contributed by atoms with van der Waals surface area (Å²) in [6.45, 7) is -1.19. The number of anilines is 3. The number of sulfonamides is 1. The first-order chi connectivity index (χ1) is 19.3. The fourth-order valence-electron chi connectivity index (χ4n) is 3.86. The molecular formula is C26H24F3N7O4S. The van der Waals surface area contributed by atoms with Crippen molar-refractivity contribution >= 4 is 44.4 Å². The molecule has 2 aromatic carbocycles. The van der Waals surface area contributed by atoms with Crippen LogP contribution >= 0.6 is 0 Å². The van der Waals surface area contributed by atoms with Gasteiger partial charge in [0.15, 0.2) is 5.82 Å². The van der Waals surface area contributed by atoms with E-state index in [2.05, 4.69) is 30.9 Å². The number of nitrogens with zero attached hydrogens (tertiary/aromatic N) is 3. The van der Waals surface area contributed by atoms with E-state index in [-0.39, 0.29) is 34.2 Å². The van der Waals surface area contributed by atoms with Crippen molar-refractivity contribution in [3.05, 3.63) is 66.2 Å². The summed E-state index contributed by atoms with van der Waals surface area (Å²) in [5.41, 5.74) is 1.28. The predicted molar refractivity (Wildman–Crippen MR) is 145 cm³/mol. The zero-order valence-corrected chi connectivity index (χ0v) is 22.1. The minimum Gasteiger partial charge on any atom is -0.380 e. The quantitative estimate of drug-likeness (QED) is 0.197. The molecule has 2 heterocycles. The van der Waals surface area contributed by atoms with Gasteiger partial charge in [0.2, 0.25) is 16.0 Å². The Morgan fingerprint density at radius 1 is 0.951 bits per heavy atom. The van der Waals surface area contributed by atoms with Crippen molar-refractivity contribution in [2.75, 3.05) is 22.5 Å². The number of rotatable bonds is 9. The number of halogens is 3. The van der Waals surface area contributed by atoms with Crippen molar-refractivity contribution in [1.29, 1.82) is 0 Å². The predicted octanol–water partition coefficient (Wildman–Crippen LogP) is 3.39. The Kier molecular flexibility index (Phi) is 7.27. The van der Waals surface area contributed by atoms with Crippen LogP contribution < -0.4 is 21.1 Å². The molecule has 11 nitrogen and oxygen atoms in total. The number of aromatic nitrogens is 3. The van der Waals surface area contributed by atoms with Crippen molar-refractivity contribution < 1.29 is 31.5 Å². The van der Waals surface area contributed by atoms with Crippen LogP contribution in [0.15, 0.2) is 65.6 Å². The van der Waals surface area contributed by atoms with Crippen LogP contribution in [0.5, 0.6) is 0 Å². The molecule has 0 saturated heterocycles. The highest BCUT2D eigenvalue weighted by Gasteiger charge is 2.48. The highest BCUT2D eigenvalue weighted by Crippen LogP contribution is 2.36. The second-order valence-corrected chi connectivity index (χ2v) is 11.1. The van der Waals surface area contributed by atoms with Crippen molar-refractivity contribution in [3.63, 3.8) is 0 Å². The van der Waals surface area contributed by atoms with Crippen LogP contribution in [0.4, 0.5) is 30.6 Å². The first-order valence-corrected chi connectivity index (χ1v) is 13.8. The summed E-state index contributed by atoms with van der Waals surface area (Å²) >= 11 is 0. The largest absolute Gasteiger partial charge is 0.405 e. The number of carbonyl (C=O) groups is 1. The Morgan fingerprint density at radius 3 is 2.24 bits per heavy atom. The summed E-state index contributed by atoms with van der Waals surface area (Å²) < 4.78 is 62.0. The number of hydrogen-bond acceptors (Lipinski definition) is 9. The lowest BCUT2D eigenvalue weighted by Crippen LogP contribution is -2.29. The van der Waals surface area contributed by atoms with Crippen LogP contribution in [0.3, 0.4) is 0 Å². The maximum atomic E-state index is 13.0. The molecule has 1 saturated carbocycles. The number of carbonyl (C=O) groups excluding carboxylic acids is 1. The average molecular weight is 588 g/mol. The SMILES string of the molecule is NS(=O)(=O)c1ccc(CNc2nc(NCC(F)(F)F)c3nc(-c4ccc(NC(=O)C5(O)CC5)cc4)ccc3n2)cc1.